The minimum absolute atomic E-state index is 0. The van der Waals surface area contributed by atoms with Gasteiger partial charge in [0, 0.05) is 35.4 Å². The molecule has 0 spiro atoms. The summed E-state index contributed by atoms with van der Waals surface area (Å²) in [4.78, 5) is 0. The van der Waals surface area contributed by atoms with Crippen LogP contribution in [0.15, 0.2) is 121 Å². The lowest BCUT2D eigenvalue weighted by molar-refractivity contribution is -0.617. The van der Waals surface area contributed by atoms with Crippen molar-refractivity contribution in [2.75, 3.05) is 0 Å². The maximum atomic E-state index is 2.28. The zero-order valence-corrected chi connectivity index (χ0v) is 27.8. The summed E-state index contributed by atoms with van der Waals surface area (Å²) in [6, 6.07) is 43.3. The zero-order valence-electron chi connectivity index (χ0n) is 23.5. The van der Waals surface area contributed by atoms with Gasteiger partial charge < -0.3 is 48.0 Å². The van der Waals surface area contributed by atoms with E-state index < -0.39 is 0 Å². The normalized spacial score (nSPS) is 11.5. The van der Waals surface area contributed by atoms with Crippen LogP contribution in [0.3, 0.4) is 0 Å². The third-order valence-electron chi connectivity index (χ3n) is 8.04. The Morgan fingerprint density at radius 1 is 0.357 bits per heavy atom. The highest BCUT2D eigenvalue weighted by Crippen LogP contribution is 2.28. The van der Waals surface area contributed by atoms with Crippen molar-refractivity contribution in [3.8, 4) is 0 Å². The molecule has 0 amide bonds. The largest absolute Gasteiger partial charge is 1.00 e. The Hall–Kier alpha value is -3.62. The number of pyridine rings is 2. The third kappa shape index (κ3) is 5.34. The second-order valence-electron chi connectivity index (χ2n) is 10.3. The molecule has 42 heavy (non-hydrogen) atoms. The molecule has 2 aromatic heterocycles. The molecule has 2 nitrogen and oxygen atoms in total. The van der Waals surface area contributed by atoms with Gasteiger partial charge in [0.05, 0.1) is 21.5 Å². The number of halogens is 2. The summed E-state index contributed by atoms with van der Waals surface area (Å²) in [5.74, 6) is 0. The van der Waals surface area contributed by atoms with Crippen LogP contribution in [0.25, 0.3) is 67.9 Å². The van der Waals surface area contributed by atoms with Gasteiger partial charge in [-0.15, -0.1) is 0 Å². The maximum absolute atomic E-state index is 2.28. The van der Waals surface area contributed by atoms with E-state index in [9.17, 15) is 0 Å². The number of hydrogen-bond donors (Lipinski definition) is 0. The number of nitrogens with zero attached hydrogens (tertiary/aromatic N) is 2. The minimum Gasteiger partial charge on any atom is -1.00 e. The zero-order chi connectivity index (χ0) is 27.1. The van der Waals surface area contributed by atoms with E-state index in [0.717, 1.165) is 0 Å². The molecule has 0 saturated heterocycles. The van der Waals surface area contributed by atoms with E-state index >= 15 is 0 Å². The van der Waals surface area contributed by atoms with Crippen LogP contribution in [0.4, 0.5) is 0 Å². The van der Waals surface area contributed by atoms with Gasteiger partial charge in [-0.3, -0.25) is 0 Å². The van der Waals surface area contributed by atoms with Gasteiger partial charge >= 0.3 is 0 Å². The van der Waals surface area contributed by atoms with E-state index in [1.54, 1.807) is 0 Å². The minimum atomic E-state index is 0. The molecular formula is C38H30I2N2. The van der Waals surface area contributed by atoms with Gasteiger partial charge in [-0.1, -0.05) is 97.1 Å². The van der Waals surface area contributed by atoms with Crippen LogP contribution in [0.2, 0.25) is 0 Å². The summed E-state index contributed by atoms with van der Waals surface area (Å²) >= 11 is 0. The quantitative estimate of drug-likeness (QED) is 0.148. The lowest BCUT2D eigenvalue weighted by Crippen LogP contribution is -3.00. The standard InChI is InChI=1S/C38H30N2.2HI/c1-39-35-15-7-3-11-31(35)29(32-12-4-8-16-36(32)39)25-23-27-19-21-28(22-20-27)24-26-30-33-13-5-9-17-37(33)40(2)38-18-10-6-14-34(30)38;;/h3-26H,1-2H3;2*1H/q+2;;/p-2/b25-23+,26-24+;;. The predicted octanol–water partition coefficient (Wildman–Crippen LogP) is 2.30. The highest BCUT2D eigenvalue weighted by atomic mass is 127. The van der Waals surface area contributed by atoms with E-state index in [4.69, 9.17) is 0 Å². The smallest absolute Gasteiger partial charge is 0.213 e. The van der Waals surface area contributed by atoms with Crippen molar-refractivity contribution in [2.45, 2.75) is 0 Å². The molecule has 0 fully saturated rings. The molecule has 0 aliphatic heterocycles. The molecule has 0 atom stereocenters. The first-order valence-corrected chi connectivity index (χ1v) is 13.7. The second-order valence-corrected chi connectivity index (χ2v) is 10.3. The van der Waals surface area contributed by atoms with Gasteiger partial charge in [0.25, 0.3) is 0 Å². The van der Waals surface area contributed by atoms with E-state index in [2.05, 4.69) is 169 Å². The summed E-state index contributed by atoms with van der Waals surface area (Å²) in [7, 11) is 4.29. The van der Waals surface area contributed by atoms with Crippen molar-refractivity contribution in [3.63, 3.8) is 0 Å². The molecule has 0 aliphatic rings. The van der Waals surface area contributed by atoms with Crippen LogP contribution in [-0.4, -0.2) is 0 Å². The average Bonchev–Trinajstić information content (AvgIpc) is 3.02. The molecule has 0 radical (unpaired) electrons. The summed E-state index contributed by atoms with van der Waals surface area (Å²) in [6.07, 6.45) is 8.97. The van der Waals surface area contributed by atoms with Crippen LogP contribution < -0.4 is 57.1 Å². The summed E-state index contributed by atoms with van der Waals surface area (Å²) in [5, 5.41) is 5.04. The van der Waals surface area contributed by atoms with Gasteiger partial charge in [0.2, 0.25) is 22.1 Å². The van der Waals surface area contributed by atoms with Crippen molar-refractivity contribution in [1.82, 2.24) is 0 Å². The number of aryl methyl sites for hydroxylation is 2. The molecule has 4 heteroatoms. The van der Waals surface area contributed by atoms with E-state index in [1.807, 2.05) is 0 Å². The Bertz CT molecular complexity index is 1860. The third-order valence-corrected chi connectivity index (χ3v) is 8.04. The number of aromatic nitrogens is 2. The number of fused-ring (bicyclic) bond motifs is 4. The summed E-state index contributed by atoms with van der Waals surface area (Å²) in [6.45, 7) is 0. The van der Waals surface area contributed by atoms with Crippen molar-refractivity contribution < 1.29 is 57.1 Å². The van der Waals surface area contributed by atoms with Crippen molar-refractivity contribution in [3.05, 3.63) is 144 Å². The van der Waals surface area contributed by atoms with Crippen LogP contribution in [0, 0.1) is 0 Å². The van der Waals surface area contributed by atoms with E-state index in [0.29, 0.717) is 0 Å². The Labute approximate surface area is 280 Å². The average molecular weight is 768 g/mol. The molecule has 0 aliphatic carbocycles. The lowest BCUT2D eigenvalue weighted by atomic mass is 10.00. The monoisotopic (exact) mass is 768 g/mol. The van der Waals surface area contributed by atoms with Gasteiger partial charge in [0.1, 0.15) is 14.1 Å². The Morgan fingerprint density at radius 3 is 0.905 bits per heavy atom. The van der Waals surface area contributed by atoms with E-state index in [1.165, 1.54) is 65.9 Å². The van der Waals surface area contributed by atoms with Crippen LogP contribution in [0.1, 0.15) is 22.3 Å². The van der Waals surface area contributed by atoms with E-state index in [-0.39, 0.29) is 48.0 Å². The first-order valence-electron chi connectivity index (χ1n) is 13.7. The van der Waals surface area contributed by atoms with Gasteiger partial charge in [-0.2, -0.15) is 9.13 Å². The topological polar surface area (TPSA) is 7.76 Å². The highest BCUT2D eigenvalue weighted by molar-refractivity contribution is 6.03. The molecule has 0 saturated carbocycles. The molecule has 7 aromatic rings. The lowest BCUT2D eigenvalue weighted by Gasteiger charge is -2.07. The molecule has 2 heterocycles. The molecule has 0 bridgehead atoms. The SMILES string of the molecule is C[n+]1c2ccccc2c(/C=C/c2ccc(/C=C/c3c4ccccc4[n+](C)c4ccccc34)cc2)c2ccccc21.[I-].[I-]. The number of benzene rings is 5. The van der Waals surface area contributed by atoms with Crippen LogP contribution in [0.5, 0.6) is 0 Å². The van der Waals surface area contributed by atoms with Crippen LogP contribution >= 0.6 is 0 Å². The number of hydrogen-bond acceptors (Lipinski definition) is 0. The molecule has 7 rings (SSSR count). The van der Waals surface area contributed by atoms with Gasteiger partial charge in [-0.05, 0) is 35.4 Å². The first-order chi connectivity index (χ1) is 19.7. The van der Waals surface area contributed by atoms with Crippen LogP contribution in [-0.2, 0) is 14.1 Å². The number of rotatable bonds is 4. The first kappa shape index (κ1) is 29.9. The molecule has 206 valence electrons. The Morgan fingerprint density at radius 2 is 0.619 bits per heavy atom. The van der Waals surface area contributed by atoms with Crippen molar-refractivity contribution >= 4 is 67.9 Å². The maximum Gasteiger partial charge on any atom is 0.213 e. The molecule has 0 unspecified atom stereocenters. The number of para-hydroxylation sites is 4. The van der Waals surface area contributed by atoms with Gasteiger partial charge in [-0.25, -0.2) is 0 Å². The Kier molecular flexibility index (Phi) is 9.04. The second kappa shape index (κ2) is 12.7. The fourth-order valence-corrected chi connectivity index (χ4v) is 5.96. The van der Waals surface area contributed by atoms with Gasteiger partial charge in [0.15, 0.2) is 0 Å². The summed E-state index contributed by atoms with van der Waals surface area (Å²) < 4.78 is 4.56. The fourth-order valence-electron chi connectivity index (χ4n) is 5.96. The van der Waals surface area contributed by atoms with Crippen molar-refractivity contribution in [2.24, 2.45) is 14.1 Å². The molecular weight excluding hydrogens is 738 g/mol. The highest BCUT2D eigenvalue weighted by Gasteiger charge is 2.16. The molecule has 0 N–H and O–H groups in total. The molecule has 5 aromatic carbocycles. The van der Waals surface area contributed by atoms with Crippen molar-refractivity contribution in [1.29, 1.82) is 0 Å². The fraction of sp³-hybridized carbons (Fsp3) is 0.0526. The summed E-state index contributed by atoms with van der Waals surface area (Å²) in [5.41, 5.74) is 9.80. The predicted molar refractivity (Wildman–Crippen MR) is 170 cm³/mol. The Balaban J connectivity index is 0.00000176.